The van der Waals surface area contributed by atoms with Crippen LogP contribution in [-0.2, 0) is 0 Å². The fourth-order valence-electron chi connectivity index (χ4n) is 2.22. The van der Waals surface area contributed by atoms with Crippen LogP contribution in [0.4, 0.5) is 11.5 Å². The van der Waals surface area contributed by atoms with E-state index in [1.54, 1.807) is 0 Å². The zero-order valence-electron chi connectivity index (χ0n) is 12.8. The van der Waals surface area contributed by atoms with Crippen molar-refractivity contribution in [2.75, 3.05) is 23.8 Å². The number of aliphatic hydroxyl groups is 1. The van der Waals surface area contributed by atoms with Crippen molar-refractivity contribution in [1.82, 2.24) is 9.97 Å². The van der Waals surface area contributed by atoms with E-state index in [4.69, 9.17) is 10.5 Å². The molecule has 0 unspecified atom stereocenters. The molecule has 1 aromatic heterocycles. The van der Waals surface area contributed by atoms with Gasteiger partial charge in [-0.25, -0.2) is 4.98 Å². The zero-order chi connectivity index (χ0) is 15.1. The third kappa shape index (κ3) is 3.96. The third-order valence-corrected chi connectivity index (χ3v) is 3.17. The molecular formula is C14H26N4O2. The van der Waals surface area contributed by atoms with Crippen LogP contribution in [0.15, 0.2) is 6.33 Å². The van der Waals surface area contributed by atoms with Gasteiger partial charge in [0, 0.05) is 12.6 Å². The average Bonchev–Trinajstić information content (AvgIpc) is 2.41. The monoisotopic (exact) mass is 282 g/mol. The number of nitrogens with zero attached hydrogens (tertiary/aromatic N) is 3. The van der Waals surface area contributed by atoms with E-state index in [9.17, 15) is 5.11 Å². The summed E-state index contributed by atoms with van der Waals surface area (Å²) in [5.74, 6) is 1.04. The Balaban J connectivity index is 3.13. The molecule has 0 bridgehead atoms. The van der Waals surface area contributed by atoms with Gasteiger partial charge in [-0.05, 0) is 26.7 Å². The van der Waals surface area contributed by atoms with Gasteiger partial charge < -0.3 is 20.5 Å². The van der Waals surface area contributed by atoms with Crippen molar-refractivity contribution < 1.29 is 9.84 Å². The number of rotatable bonds is 8. The SMILES string of the molecule is CCC(CC)N(CCO)c1ncnc(OC(C)C)c1N. The average molecular weight is 282 g/mol. The van der Waals surface area contributed by atoms with Gasteiger partial charge in [-0.1, -0.05) is 13.8 Å². The highest BCUT2D eigenvalue weighted by molar-refractivity contribution is 5.68. The number of nitrogen functional groups attached to an aromatic ring is 1. The second kappa shape index (κ2) is 7.89. The van der Waals surface area contributed by atoms with Crippen molar-refractivity contribution in [2.45, 2.75) is 52.7 Å². The van der Waals surface area contributed by atoms with Crippen LogP contribution in [0, 0.1) is 0 Å². The summed E-state index contributed by atoms with van der Waals surface area (Å²) >= 11 is 0. The van der Waals surface area contributed by atoms with Crippen molar-refractivity contribution in [3.63, 3.8) is 0 Å². The lowest BCUT2D eigenvalue weighted by molar-refractivity contribution is 0.233. The quantitative estimate of drug-likeness (QED) is 0.756. The van der Waals surface area contributed by atoms with Gasteiger partial charge in [0.1, 0.15) is 12.0 Å². The highest BCUT2D eigenvalue weighted by atomic mass is 16.5. The molecule has 3 N–H and O–H groups in total. The highest BCUT2D eigenvalue weighted by Gasteiger charge is 2.21. The van der Waals surface area contributed by atoms with Crippen LogP contribution >= 0.6 is 0 Å². The van der Waals surface area contributed by atoms with E-state index in [-0.39, 0.29) is 18.8 Å². The van der Waals surface area contributed by atoms with E-state index in [0.717, 1.165) is 12.8 Å². The van der Waals surface area contributed by atoms with Gasteiger partial charge in [0.15, 0.2) is 5.82 Å². The molecule has 0 fully saturated rings. The summed E-state index contributed by atoms with van der Waals surface area (Å²) in [6.07, 6.45) is 3.37. The van der Waals surface area contributed by atoms with E-state index in [2.05, 4.69) is 23.8 Å². The maximum absolute atomic E-state index is 9.29. The molecule has 0 aliphatic heterocycles. The zero-order valence-corrected chi connectivity index (χ0v) is 12.8. The molecule has 6 nitrogen and oxygen atoms in total. The van der Waals surface area contributed by atoms with Gasteiger partial charge in [-0.2, -0.15) is 4.98 Å². The first-order valence-corrected chi connectivity index (χ1v) is 7.19. The van der Waals surface area contributed by atoms with Crippen LogP contribution in [0.1, 0.15) is 40.5 Å². The molecule has 1 aromatic rings. The van der Waals surface area contributed by atoms with Gasteiger partial charge in [-0.15, -0.1) is 0 Å². The summed E-state index contributed by atoms with van der Waals surface area (Å²) in [5, 5.41) is 9.29. The predicted molar refractivity (Wildman–Crippen MR) is 81.0 cm³/mol. The van der Waals surface area contributed by atoms with Gasteiger partial charge in [0.2, 0.25) is 5.88 Å². The van der Waals surface area contributed by atoms with Crippen molar-refractivity contribution in [3.8, 4) is 5.88 Å². The Bertz CT molecular complexity index is 408. The number of hydrogen-bond donors (Lipinski definition) is 2. The largest absolute Gasteiger partial charge is 0.473 e. The fraction of sp³-hybridized carbons (Fsp3) is 0.714. The lowest BCUT2D eigenvalue weighted by atomic mass is 10.1. The predicted octanol–water partition coefficient (Wildman–Crippen LogP) is 1.83. The summed E-state index contributed by atoms with van der Waals surface area (Å²) in [6, 6.07) is 0.284. The standard InChI is InChI=1S/C14H26N4O2/c1-5-11(6-2)18(7-8-19)13-12(15)14(17-9-16-13)20-10(3)4/h9-11,19H,5-8,15H2,1-4H3. The van der Waals surface area contributed by atoms with Crippen LogP contribution in [0.5, 0.6) is 5.88 Å². The van der Waals surface area contributed by atoms with E-state index in [0.29, 0.717) is 23.9 Å². The summed E-state index contributed by atoms with van der Waals surface area (Å²) in [5.41, 5.74) is 6.57. The molecule has 114 valence electrons. The lowest BCUT2D eigenvalue weighted by Crippen LogP contribution is -2.38. The van der Waals surface area contributed by atoms with E-state index in [1.807, 2.05) is 18.7 Å². The third-order valence-electron chi connectivity index (χ3n) is 3.17. The van der Waals surface area contributed by atoms with Crippen LogP contribution in [0.3, 0.4) is 0 Å². The number of ether oxygens (including phenoxy) is 1. The van der Waals surface area contributed by atoms with Crippen LogP contribution in [-0.4, -0.2) is 40.4 Å². The Morgan fingerprint density at radius 2 is 1.95 bits per heavy atom. The summed E-state index contributed by atoms with van der Waals surface area (Å²) in [4.78, 5) is 10.4. The maximum atomic E-state index is 9.29. The molecular weight excluding hydrogens is 256 g/mol. The van der Waals surface area contributed by atoms with Crippen LogP contribution in [0.25, 0.3) is 0 Å². The Labute approximate surface area is 121 Å². The van der Waals surface area contributed by atoms with Gasteiger partial charge in [-0.3, -0.25) is 0 Å². The number of aromatic nitrogens is 2. The molecule has 0 aliphatic carbocycles. The van der Waals surface area contributed by atoms with Gasteiger partial charge in [0.25, 0.3) is 0 Å². The van der Waals surface area contributed by atoms with Crippen molar-refractivity contribution >= 4 is 11.5 Å². The molecule has 0 saturated carbocycles. The minimum atomic E-state index is -0.000473. The Morgan fingerprint density at radius 1 is 1.30 bits per heavy atom. The summed E-state index contributed by atoms with van der Waals surface area (Å²) in [6.45, 7) is 8.62. The number of aliphatic hydroxyl groups excluding tert-OH is 1. The number of nitrogens with two attached hydrogens (primary N) is 1. The minimum Gasteiger partial charge on any atom is -0.473 e. The van der Waals surface area contributed by atoms with Gasteiger partial charge >= 0.3 is 0 Å². The van der Waals surface area contributed by atoms with Crippen molar-refractivity contribution in [2.24, 2.45) is 0 Å². The molecule has 1 heterocycles. The number of hydrogen-bond acceptors (Lipinski definition) is 6. The second-order valence-corrected chi connectivity index (χ2v) is 4.97. The topological polar surface area (TPSA) is 84.5 Å². The summed E-state index contributed by atoms with van der Waals surface area (Å²) < 4.78 is 5.60. The van der Waals surface area contributed by atoms with E-state index >= 15 is 0 Å². The molecule has 20 heavy (non-hydrogen) atoms. The molecule has 0 amide bonds. The first kappa shape index (κ1) is 16.5. The van der Waals surface area contributed by atoms with Gasteiger partial charge in [0.05, 0.1) is 12.7 Å². The minimum absolute atomic E-state index is 0.000473. The van der Waals surface area contributed by atoms with Crippen LogP contribution in [0.2, 0.25) is 0 Å². The second-order valence-electron chi connectivity index (χ2n) is 4.97. The lowest BCUT2D eigenvalue weighted by Gasteiger charge is -2.32. The molecule has 0 aromatic carbocycles. The Hall–Kier alpha value is -1.56. The highest BCUT2D eigenvalue weighted by Crippen LogP contribution is 2.30. The molecule has 1 rings (SSSR count). The smallest absolute Gasteiger partial charge is 0.242 e. The summed E-state index contributed by atoms with van der Waals surface area (Å²) in [7, 11) is 0. The molecule has 0 spiro atoms. The van der Waals surface area contributed by atoms with Crippen LogP contribution < -0.4 is 15.4 Å². The normalized spacial score (nSPS) is 11.2. The van der Waals surface area contributed by atoms with Crippen molar-refractivity contribution in [3.05, 3.63) is 6.33 Å². The van der Waals surface area contributed by atoms with Crippen molar-refractivity contribution in [1.29, 1.82) is 0 Å². The van der Waals surface area contributed by atoms with E-state index < -0.39 is 0 Å². The molecule has 0 atom stereocenters. The van der Waals surface area contributed by atoms with E-state index in [1.165, 1.54) is 6.33 Å². The number of anilines is 2. The Kier molecular flexibility index (Phi) is 6.51. The maximum Gasteiger partial charge on any atom is 0.242 e. The Morgan fingerprint density at radius 3 is 2.45 bits per heavy atom. The first-order valence-electron chi connectivity index (χ1n) is 7.19. The molecule has 0 saturated heterocycles. The fourth-order valence-corrected chi connectivity index (χ4v) is 2.22. The molecule has 0 aliphatic rings. The first-order chi connectivity index (χ1) is 9.54. The molecule has 6 heteroatoms. The molecule has 0 radical (unpaired) electrons.